The molecule has 0 aromatic heterocycles. The largest absolute Gasteiger partial charge is 0.400 e. The van der Waals surface area contributed by atoms with E-state index in [0.29, 0.717) is 0 Å². The van der Waals surface area contributed by atoms with E-state index >= 15 is 0 Å². The second-order valence-electron chi connectivity index (χ2n) is 2.74. The molecule has 0 fully saturated rings. The van der Waals surface area contributed by atoms with Gasteiger partial charge in [-0.05, 0) is 18.9 Å². The standard InChI is InChI=1S/C10H14.CH4O/c1-3-4-10-7-5-9(2)6-8-10;1-2/h5-8H,3-4H2,1-2H3;2H,1H3. The maximum atomic E-state index is 7.00. The highest BCUT2D eigenvalue weighted by atomic mass is 16.2. The van der Waals surface area contributed by atoms with Crippen LogP contribution < -0.4 is 0 Å². The molecule has 68 valence electrons. The molecular formula is C11H18O. The predicted molar refractivity (Wildman–Crippen MR) is 53.3 cm³/mol. The van der Waals surface area contributed by atoms with Gasteiger partial charge in [0.2, 0.25) is 0 Å². The lowest BCUT2D eigenvalue weighted by Crippen LogP contribution is -1.81. The summed E-state index contributed by atoms with van der Waals surface area (Å²) in [5, 5.41) is 7.00. The van der Waals surface area contributed by atoms with Gasteiger partial charge in [-0.3, -0.25) is 0 Å². The van der Waals surface area contributed by atoms with E-state index in [0.717, 1.165) is 7.11 Å². The Morgan fingerprint density at radius 2 is 1.58 bits per heavy atom. The van der Waals surface area contributed by atoms with Crippen LogP contribution in [-0.2, 0) is 6.42 Å². The molecule has 0 saturated heterocycles. The summed E-state index contributed by atoms with van der Waals surface area (Å²) in [6, 6.07) is 8.76. The zero-order valence-electron chi connectivity index (χ0n) is 8.17. The molecule has 0 atom stereocenters. The zero-order valence-corrected chi connectivity index (χ0v) is 8.17. The van der Waals surface area contributed by atoms with Gasteiger partial charge in [-0.15, -0.1) is 0 Å². The zero-order chi connectivity index (χ0) is 9.40. The maximum absolute atomic E-state index is 7.00. The second kappa shape index (κ2) is 6.86. The third kappa shape index (κ3) is 4.14. The van der Waals surface area contributed by atoms with Gasteiger partial charge < -0.3 is 5.11 Å². The number of rotatable bonds is 2. The molecule has 1 heteroatoms. The highest BCUT2D eigenvalue weighted by Gasteiger charge is 1.87. The van der Waals surface area contributed by atoms with Crippen molar-refractivity contribution in [1.29, 1.82) is 0 Å². The van der Waals surface area contributed by atoms with Gasteiger partial charge in [-0.25, -0.2) is 0 Å². The monoisotopic (exact) mass is 166 g/mol. The van der Waals surface area contributed by atoms with Gasteiger partial charge in [0.05, 0.1) is 0 Å². The molecule has 0 aliphatic carbocycles. The molecule has 12 heavy (non-hydrogen) atoms. The summed E-state index contributed by atoms with van der Waals surface area (Å²) in [4.78, 5) is 0. The predicted octanol–water partition coefficient (Wildman–Crippen LogP) is 2.56. The Hall–Kier alpha value is -0.820. The van der Waals surface area contributed by atoms with Crippen LogP contribution in [0.1, 0.15) is 24.5 Å². The fourth-order valence-electron chi connectivity index (χ4n) is 1.04. The van der Waals surface area contributed by atoms with E-state index in [-0.39, 0.29) is 0 Å². The number of hydrogen-bond acceptors (Lipinski definition) is 1. The minimum atomic E-state index is 1.00. The fourth-order valence-corrected chi connectivity index (χ4v) is 1.04. The Morgan fingerprint density at radius 1 is 1.08 bits per heavy atom. The fraction of sp³-hybridized carbons (Fsp3) is 0.455. The van der Waals surface area contributed by atoms with Crippen molar-refractivity contribution in [3.05, 3.63) is 35.4 Å². The Bertz CT molecular complexity index is 189. The first kappa shape index (κ1) is 11.2. The summed E-state index contributed by atoms with van der Waals surface area (Å²) in [5.74, 6) is 0. The molecule has 1 aromatic carbocycles. The molecule has 0 unspecified atom stereocenters. The van der Waals surface area contributed by atoms with E-state index in [4.69, 9.17) is 5.11 Å². The van der Waals surface area contributed by atoms with Gasteiger partial charge in [0.1, 0.15) is 0 Å². The molecule has 1 rings (SSSR count). The van der Waals surface area contributed by atoms with Crippen LogP contribution in [0.15, 0.2) is 24.3 Å². The van der Waals surface area contributed by atoms with Crippen LogP contribution in [0.3, 0.4) is 0 Å². The van der Waals surface area contributed by atoms with Gasteiger partial charge >= 0.3 is 0 Å². The minimum Gasteiger partial charge on any atom is -0.400 e. The summed E-state index contributed by atoms with van der Waals surface area (Å²) in [6.07, 6.45) is 2.45. The highest BCUT2D eigenvalue weighted by molar-refractivity contribution is 5.21. The Kier molecular flexibility index (Phi) is 6.39. The Morgan fingerprint density at radius 3 is 2.00 bits per heavy atom. The third-order valence-electron chi connectivity index (χ3n) is 1.66. The molecule has 0 bridgehead atoms. The molecule has 1 N–H and O–H groups in total. The van der Waals surface area contributed by atoms with Crippen LogP contribution in [0.5, 0.6) is 0 Å². The smallest absolute Gasteiger partial charge is 0.0319 e. The number of aryl methyl sites for hydroxylation is 2. The van der Waals surface area contributed by atoms with Crippen LogP contribution in [0.2, 0.25) is 0 Å². The number of hydrogen-bond donors (Lipinski definition) is 1. The average molecular weight is 166 g/mol. The summed E-state index contributed by atoms with van der Waals surface area (Å²) in [5.41, 5.74) is 2.80. The second-order valence-corrected chi connectivity index (χ2v) is 2.74. The van der Waals surface area contributed by atoms with Crippen LogP contribution in [0, 0.1) is 6.92 Å². The maximum Gasteiger partial charge on any atom is 0.0319 e. The number of benzene rings is 1. The molecule has 0 spiro atoms. The van der Waals surface area contributed by atoms with Crippen LogP contribution in [0.4, 0.5) is 0 Å². The number of aliphatic hydroxyl groups is 1. The molecular weight excluding hydrogens is 148 g/mol. The summed E-state index contributed by atoms with van der Waals surface area (Å²) >= 11 is 0. The molecule has 1 aromatic rings. The first-order chi connectivity index (χ1) is 5.83. The van der Waals surface area contributed by atoms with Gasteiger partial charge in [0, 0.05) is 7.11 Å². The van der Waals surface area contributed by atoms with Crippen molar-refractivity contribution < 1.29 is 5.11 Å². The molecule has 0 heterocycles. The Balaban J connectivity index is 0.000000561. The SMILES string of the molecule is CCCc1ccc(C)cc1.CO. The van der Waals surface area contributed by atoms with Crippen molar-refractivity contribution in [2.45, 2.75) is 26.7 Å². The van der Waals surface area contributed by atoms with Gasteiger partial charge in [0.15, 0.2) is 0 Å². The van der Waals surface area contributed by atoms with Crippen LogP contribution >= 0.6 is 0 Å². The molecule has 0 radical (unpaired) electrons. The van der Waals surface area contributed by atoms with Gasteiger partial charge in [-0.2, -0.15) is 0 Å². The summed E-state index contributed by atoms with van der Waals surface area (Å²) in [7, 11) is 1.00. The van der Waals surface area contributed by atoms with Crippen molar-refractivity contribution in [2.75, 3.05) is 7.11 Å². The van der Waals surface area contributed by atoms with Crippen molar-refractivity contribution in [2.24, 2.45) is 0 Å². The molecule has 0 aliphatic heterocycles. The van der Waals surface area contributed by atoms with Crippen molar-refractivity contribution in [3.63, 3.8) is 0 Å². The van der Waals surface area contributed by atoms with Gasteiger partial charge in [-0.1, -0.05) is 43.2 Å². The van der Waals surface area contributed by atoms with E-state index in [1.54, 1.807) is 0 Å². The normalized spacial score (nSPS) is 8.67. The van der Waals surface area contributed by atoms with Crippen LogP contribution in [-0.4, -0.2) is 12.2 Å². The first-order valence-corrected chi connectivity index (χ1v) is 4.33. The lowest BCUT2D eigenvalue weighted by molar-refractivity contribution is 0.399. The molecule has 0 saturated carbocycles. The third-order valence-corrected chi connectivity index (χ3v) is 1.66. The lowest BCUT2D eigenvalue weighted by Gasteiger charge is -1.97. The lowest BCUT2D eigenvalue weighted by atomic mass is 10.1. The van der Waals surface area contributed by atoms with E-state index < -0.39 is 0 Å². The quantitative estimate of drug-likeness (QED) is 0.716. The molecule has 0 amide bonds. The van der Waals surface area contributed by atoms with Gasteiger partial charge in [0.25, 0.3) is 0 Å². The highest BCUT2D eigenvalue weighted by Crippen LogP contribution is 2.04. The molecule has 0 aliphatic rings. The number of aliphatic hydroxyl groups excluding tert-OH is 1. The van der Waals surface area contributed by atoms with E-state index in [1.807, 2.05) is 0 Å². The van der Waals surface area contributed by atoms with E-state index in [9.17, 15) is 0 Å². The van der Waals surface area contributed by atoms with E-state index in [2.05, 4.69) is 38.1 Å². The first-order valence-electron chi connectivity index (χ1n) is 4.33. The Labute approximate surface area is 75.1 Å². The van der Waals surface area contributed by atoms with E-state index in [1.165, 1.54) is 24.0 Å². The summed E-state index contributed by atoms with van der Waals surface area (Å²) < 4.78 is 0. The summed E-state index contributed by atoms with van der Waals surface area (Å²) in [6.45, 7) is 4.33. The average Bonchev–Trinajstić information content (AvgIpc) is 2.13. The van der Waals surface area contributed by atoms with Crippen molar-refractivity contribution >= 4 is 0 Å². The van der Waals surface area contributed by atoms with Crippen LogP contribution in [0.25, 0.3) is 0 Å². The van der Waals surface area contributed by atoms with Crippen molar-refractivity contribution in [3.8, 4) is 0 Å². The minimum absolute atomic E-state index is 1.00. The topological polar surface area (TPSA) is 20.2 Å². The van der Waals surface area contributed by atoms with Crippen molar-refractivity contribution in [1.82, 2.24) is 0 Å². The molecule has 1 nitrogen and oxygen atoms in total.